The molecule has 0 bridgehead atoms. The van der Waals surface area contributed by atoms with Crippen molar-refractivity contribution in [3.63, 3.8) is 0 Å². The Balaban J connectivity index is 1.64. The van der Waals surface area contributed by atoms with Gasteiger partial charge in [-0.3, -0.25) is 9.80 Å². The van der Waals surface area contributed by atoms with Crippen LogP contribution in [0, 0.1) is 0 Å². The van der Waals surface area contributed by atoms with Gasteiger partial charge in [0, 0.05) is 30.2 Å². The molecule has 4 heterocycles. The monoisotopic (exact) mass is 395 g/mol. The highest BCUT2D eigenvalue weighted by molar-refractivity contribution is 7.19. The number of ether oxygens (including phenoxy) is 1. The van der Waals surface area contributed by atoms with Crippen LogP contribution < -0.4 is 0 Å². The third-order valence-corrected chi connectivity index (χ3v) is 6.88. The van der Waals surface area contributed by atoms with E-state index in [0.29, 0.717) is 12.6 Å². The van der Waals surface area contributed by atoms with Gasteiger partial charge in [0.15, 0.2) is 0 Å². The minimum atomic E-state index is -0.244. The van der Waals surface area contributed by atoms with Crippen LogP contribution in [-0.2, 0) is 4.74 Å². The number of rotatable bonds is 4. The van der Waals surface area contributed by atoms with Gasteiger partial charge in [-0.15, -0.1) is 11.3 Å². The summed E-state index contributed by atoms with van der Waals surface area (Å²) in [4.78, 5) is 17.3. The smallest absolute Gasteiger partial charge is 0.143 e. The minimum Gasteiger partial charge on any atom is -0.360 e. The Morgan fingerprint density at radius 2 is 2.15 bits per heavy atom. The molecule has 0 aliphatic carbocycles. The Morgan fingerprint density at radius 3 is 2.88 bits per heavy atom. The molecule has 6 nitrogen and oxygen atoms in total. The number of hydrogen-bond acceptors (Lipinski definition) is 7. The molecule has 26 heavy (non-hydrogen) atoms. The van der Waals surface area contributed by atoms with Gasteiger partial charge in [0.25, 0.3) is 0 Å². The van der Waals surface area contributed by atoms with Crippen LogP contribution in [0.25, 0.3) is 10.2 Å². The zero-order chi connectivity index (χ0) is 18.1. The fourth-order valence-electron chi connectivity index (χ4n) is 4.02. The van der Waals surface area contributed by atoms with Crippen LogP contribution in [0.5, 0.6) is 0 Å². The molecule has 8 heteroatoms. The van der Waals surface area contributed by atoms with Gasteiger partial charge in [0.05, 0.1) is 23.0 Å². The average Bonchev–Trinajstić information content (AvgIpc) is 3.06. The number of alkyl halides is 1. The van der Waals surface area contributed by atoms with E-state index in [2.05, 4.69) is 44.8 Å². The van der Waals surface area contributed by atoms with Crippen LogP contribution in [0.4, 0.5) is 0 Å². The Kier molecular flexibility index (Phi) is 5.73. The van der Waals surface area contributed by atoms with Gasteiger partial charge in [-0.2, -0.15) is 0 Å². The van der Waals surface area contributed by atoms with E-state index in [1.807, 2.05) is 6.20 Å². The molecule has 0 spiro atoms. The Labute approximate surface area is 163 Å². The number of fused-ring (bicyclic) bond motifs is 1. The van der Waals surface area contributed by atoms with E-state index in [0.717, 1.165) is 36.4 Å². The molecular weight excluding hydrogens is 370 g/mol. The number of nitrogens with zero attached hydrogens (tertiary/aromatic N) is 5. The molecule has 0 amide bonds. The second-order valence-electron chi connectivity index (χ2n) is 7.27. The molecule has 142 valence electrons. The number of halogens is 1. The van der Waals surface area contributed by atoms with Crippen molar-refractivity contribution in [2.45, 2.75) is 30.6 Å². The summed E-state index contributed by atoms with van der Waals surface area (Å²) in [7, 11) is 4.47. The zero-order valence-corrected chi connectivity index (χ0v) is 16.9. The van der Waals surface area contributed by atoms with Crippen LogP contribution in [-0.4, -0.2) is 83.2 Å². The van der Waals surface area contributed by atoms with E-state index in [-0.39, 0.29) is 11.7 Å². The van der Waals surface area contributed by atoms with Gasteiger partial charge < -0.3 is 9.64 Å². The highest BCUT2D eigenvalue weighted by atomic mass is 35.5. The van der Waals surface area contributed by atoms with Gasteiger partial charge >= 0.3 is 0 Å². The Bertz CT molecular complexity index is 702. The average molecular weight is 396 g/mol. The van der Waals surface area contributed by atoms with Crippen LogP contribution in [0.3, 0.4) is 0 Å². The molecule has 2 aliphatic heterocycles. The zero-order valence-electron chi connectivity index (χ0n) is 15.3. The maximum absolute atomic E-state index is 6.32. The van der Waals surface area contributed by atoms with Crippen molar-refractivity contribution in [2.24, 2.45) is 0 Å². The SMILES string of the molecule is CN1CCC(N(C)C(c2cc3ncncc3s2)N2CCOC(Cl)C2)CC1. The highest BCUT2D eigenvalue weighted by Crippen LogP contribution is 2.36. The largest absolute Gasteiger partial charge is 0.360 e. The third kappa shape index (κ3) is 3.88. The molecule has 2 unspecified atom stereocenters. The van der Waals surface area contributed by atoms with Crippen LogP contribution in [0.15, 0.2) is 18.6 Å². The van der Waals surface area contributed by atoms with Crippen molar-refractivity contribution in [1.29, 1.82) is 0 Å². The Hall–Kier alpha value is -0.830. The lowest BCUT2D eigenvalue weighted by Gasteiger charge is -2.45. The topological polar surface area (TPSA) is 44.7 Å². The van der Waals surface area contributed by atoms with E-state index >= 15 is 0 Å². The fraction of sp³-hybridized carbons (Fsp3) is 0.667. The molecule has 2 aromatic rings. The molecule has 2 saturated heterocycles. The van der Waals surface area contributed by atoms with E-state index in [1.165, 1.54) is 17.7 Å². The first-order chi connectivity index (χ1) is 12.6. The molecular formula is C18H26ClN5OS. The third-order valence-electron chi connectivity index (χ3n) is 5.52. The molecule has 0 N–H and O–H groups in total. The molecule has 2 aliphatic rings. The summed E-state index contributed by atoms with van der Waals surface area (Å²) in [5, 5.41) is 0. The summed E-state index contributed by atoms with van der Waals surface area (Å²) in [6.45, 7) is 4.62. The molecule has 2 atom stereocenters. The molecule has 2 fully saturated rings. The van der Waals surface area contributed by atoms with Gasteiger partial charge in [-0.05, 0) is 46.1 Å². The molecule has 4 rings (SSSR count). The van der Waals surface area contributed by atoms with Gasteiger partial charge in [-0.25, -0.2) is 9.97 Å². The maximum atomic E-state index is 6.32. The number of piperidine rings is 1. The van der Waals surface area contributed by atoms with Crippen LogP contribution in [0.1, 0.15) is 23.9 Å². The summed E-state index contributed by atoms with van der Waals surface area (Å²) in [6.07, 6.45) is 6.13. The minimum absolute atomic E-state index is 0.202. The Morgan fingerprint density at radius 1 is 1.35 bits per heavy atom. The first-order valence-corrected chi connectivity index (χ1v) is 10.5. The second-order valence-corrected chi connectivity index (χ2v) is 8.87. The normalized spacial score (nSPS) is 25.2. The second kappa shape index (κ2) is 8.04. The molecule has 0 saturated carbocycles. The number of aromatic nitrogens is 2. The fourth-order valence-corrected chi connectivity index (χ4v) is 5.46. The number of hydrogen-bond donors (Lipinski definition) is 0. The summed E-state index contributed by atoms with van der Waals surface area (Å²) >= 11 is 8.11. The van der Waals surface area contributed by atoms with Crippen LogP contribution >= 0.6 is 22.9 Å². The predicted molar refractivity (Wildman–Crippen MR) is 106 cm³/mol. The lowest BCUT2D eigenvalue weighted by molar-refractivity contribution is -0.0574. The quantitative estimate of drug-likeness (QED) is 0.741. The van der Waals surface area contributed by atoms with E-state index in [4.69, 9.17) is 16.3 Å². The summed E-state index contributed by atoms with van der Waals surface area (Å²) in [5.41, 5.74) is 0.781. The van der Waals surface area contributed by atoms with Crippen molar-refractivity contribution in [3.8, 4) is 0 Å². The number of likely N-dealkylation sites (tertiary alicyclic amines) is 1. The van der Waals surface area contributed by atoms with E-state index < -0.39 is 0 Å². The summed E-state index contributed by atoms with van der Waals surface area (Å²) < 4.78 is 6.71. The molecule has 0 radical (unpaired) electrons. The summed E-state index contributed by atoms with van der Waals surface area (Å²) in [5.74, 6) is 0. The lowest BCUT2D eigenvalue weighted by Crippen LogP contribution is -2.51. The number of thiophene rings is 1. The maximum Gasteiger partial charge on any atom is 0.143 e. The number of morpholine rings is 1. The van der Waals surface area contributed by atoms with E-state index in [9.17, 15) is 0 Å². The van der Waals surface area contributed by atoms with Crippen molar-refractivity contribution in [3.05, 3.63) is 23.5 Å². The summed E-state index contributed by atoms with van der Waals surface area (Å²) in [6, 6.07) is 2.79. The predicted octanol–water partition coefficient (Wildman–Crippen LogP) is 2.61. The first-order valence-electron chi connectivity index (χ1n) is 9.21. The van der Waals surface area contributed by atoms with Crippen molar-refractivity contribution in [1.82, 2.24) is 24.7 Å². The van der Waals surface area contributed by atoms with Crippen molar-refractivity contribution in [2.75, 3.05) is 46.9 Å². The molecule has 2 aromatic heterocycles. The van der Waals surface area contributed by atoms with Gasteiger partial charge in [0.2, 0.25) is 0 Å². The lowest BCUT2D eigenvalue weighted by atomic mass is 10.0. The standard InChI is InChI=1S/C18H26ClN5OS/c1-22-5-3-13(4-6-22)23(2)18(24-7-8-25-17(19)11-24)15-9-14-16(26-15)10-20-12-21-14/h9-10,12-13,17-18H,3-8,11H2,1-2H3. The van der Waals surface area contributed by atoms with Gasteiger partial charge in [-0.1, -0.05) is 11.6 Å². The van der Waals surface area contributed by atoms with Gasteiger partial charge in [0.1, 0.15) is 11.9 Å². The van der Waals surface area contributed by atoms with Crippen LogP contribution in [0.2, 0.25) is 0 Å². The molecule has 0 aromatic carbocycles. The first kappa shape index (κ1) is 18.5. The van der Waals surface area contributed by atoms with Crippen molar-refractivity contribution < 1.29 is 4.74 Å². The van der Waals surface area contributed by atoms with E-state index in [1.54, 1.807) is 17.7 Å². The highest BCUT2D eigenvalue weighted by Gasteiger charge is 2.34. The van der Waals surface area contributed by atoms with Crippen molar-refractivity contribution >= 4 is 33.2 Å².